The largest absolute Gasteiger partial charge is 0.449 e. The van der Waals surface area contributed by atoms with Crippen molar-refractivity contribution in [2.75, 3.05) is 36.8 Å². The van der Waals surface area contributed by atoms with Crippen molar-refractivity contribution in [3.05, 3.63) is 46.7 Å². The molecule has 1 aliphatic rings. The zero-order valence-corrected chi connectivity index (χ0v) is 16.4. The van der Waals surface area contributed by atoms with E-state index >= 15 is 0 Å². The number of rotatable bonds is 4. The number of nitrogen functional groups attached to an aromatic ring is 1. The highest BCUT2D eigenvalue weighted by molar-refractivity contribution is 9.10. The summed E-state index contributed by atoms with van der Waals surface area (Å²) in [4.78, 5) is 37.1. The summed E-state index contributed by atoms with van der Waals surface area (Å²) in [7, 11) is 0. The molecule has 0 radical (unpaired) electrons. The number of esters is 1. The Hall–Kier alpha value is -2.68. The molecule has 1 amide bonds. The van der Waals surface area contributed by atoms with E-state index in [0.717, 1.165) is 0 Å². The quantitative estimate of drug-likeness (QED) is 0.578. The number of halogens is 1. The normalized spacial score (nSPS) is 15.3. The molecule has 1 atom stereocenters. The fraction of sp³-hybridized carbons (Fsp3) is 0.333. The number of amides is 1. The molecule has 0 spiro atoms. The van der Waals surface area contributed by atoms with Crippen LogP contribution in [0.15, 0.2) is 41.1 Å². The zero-order chi connectivity index (χ0) is 19.4. The first kappa shape index (κ1) is 19.1. The smallest absolute Gasteiger partial charge is 0.341 e. The highest BCUT2D eigenvalue weighted by Gasteiger charge is 2.28. The molecule has 2 aromatic rings. The van der Waals surface area contributed by atoms with Crippen LogP contribution in [0.2, 0.25) is 0 Å². The van der Waals surface area contributed by atoms with Gasteiger partial charge in [-0.15, -0.1) is 0 Å². The molecule has 1 aromatic heterocycles. The standard InChI is InChI=1S/C18H20BrN5O3/c1-12(27-17(26)14-11-13(19)3-4-15(14)20)16(25)23-7-9-24(10-8-23)18-21-5-2-6-22-18/h2-6,11-12H,7-10,20H2,1H3. The third kappa shape index (κ3) is 4.54. The number of benzene rings is 1. The predicted molar refractivity (Wildman–Crippen MR) is 104 cm³/mol. The highest BCUT2D eigenvalue weighted by Crippen LogP contribution is 2.20. The Balaban J connectivity index is 1.56. The number of piperazine rings is 1. The first-order valence-corrected chi connectivity index (χ1v) is 9.32. The number of hydrogen-bond acceptors (Lipinski definition) is 7. The first-order valence-electron chi connectivity index (χ1n) is 8.52. The summed E-state index contributed by atoms with van der Waals surface area (Å²) in [5.41, 5.74) is 6.36. The second-order valence-corrected chi connectivity index (χ2v) is 7.06. The van der Waals surface area contributed by atoms with Crippen molar-refractivity contribution in [2.24, 2.45) is 0 Å². The van der Waals surface area contributed by atoms with Crippen molar-refractivity contribution in [2.45, 2.75) is 13.0 Å². The van der Waals surface area contributed by atoms with Gasteiger partial charge in [0.15, 0.2) is 6.10 Å². The van der Waals surface area contributed by atoms with Crippen molar-refractivity contribution in [1.29, 1.82) is 0 Å². The predicted octanol–water partition coefficient (Wildman–Crippen LogP) is 1.72. The van der Waals surface area contributed by atoms with Crippen LogP contribution in [0, 0.1) is 0 Å². The van der Waals surface area contributed by atoms with Gasteiger partial charge in [-0.05, 0) is 31.2 Å². The summed E-state index contributed by atoms with van der Waals surface area (Å²) in [6.07, 6.45) is 2.49. The average molecular weight is 434 g/mol. The van der Waals surface area contributed by atoms with E-state index in [2.05, 4.69) is 25.9 Å². The lowest BCUT2D eigenvalue weighted by Crippen LogP contribution is -2.52. The van der Waals surface area contributed by atoms with E-state index in [4.69, 9.17) is 10.5 Å². The summed E-state index contributed by atoms with van der Waals surface area (Å²) < 4.78 is 6.04. The Morgan fingerprint density at radius 2 is 1.85 bits per heavy atom. The van der Waals surface area contributed by atoms with Crippen molar-refractivity contribution >= 4 is 39.4 Å². The number of aromatic nitrogens is 2. The van der Waals surface area contributed by atoms with Gasteiger partial charge in [0, 0.05) is 48.7 Å². The minimum absolute atomic E-state index is 0.231. The Kier molecular flexibility index (Phi) is 5.90. The summed E-state index contributed by atoms with van der Waals surface area (Å²) in [6.45, 7) is 3.83. The van der Waals surface area contributed by atoms with Crippen molar-refractivity contribution in [1.82, 2.24) is 14.9 Å². The molecule has 9 heteroatoms. The lowest BCUT2D eigenvalue weighted by atomic mass is 10.2. The van der Waals surface area contributed by atoms with Gasteiger partial charge >= 0.3 is 5.97 Å². The van der Waals surface area contributed by atoms with Gasteiger partial charge in [0.25, 0.3) is 5.91 Å². The molecular formula is C18H20BrN5O3. The lowest BCUT2D eigenvalue weighted by molar-refractivity contribution is -0.140. The van der Waals surface area contributed by atoms with E-state index in [1.54, 1.807) is 48.5 Å². The van der Waals surface area contributed by atoms with Crippen molar-refractivity contribution in [3.63, 3.8) is 0 Å². The van der Waals surface area contributed by atoms with Crippen LogP contribution in [0.3, 0.4) is 0 Å². The molecule has 0 saturated carbocycles. The molecule has 1 fully saturated rings. The molecule has 0 bridgehead atoms. The molecule has 3 rings (SSSR count). The Labute approximate surface area is 165 Å². The van der Waals surface area contributed by atoms with Crippen LogP contribution in [-0.4, -0.2) is 59.0 Å². The van der Waals surface area contributed by atoms with Crippen LogP contribution in [0.1, 0.15) is 17.3 Å². The van der Waals surface area contributed by atoms with Gasteiger partial charge in [-0.2, -0.15) is 0 Å². The van der Waals surface area contributed by atoms with E-state index in [-0.39, 0.29) is 11.5 Å². The minimum Gasteiger partial charge on any atom is -0.449 e. The molecule has 1 aromatic carbocycles. The average Bonchev–Trinajstić information content (AvgIpc) is 2.70. The Morgan fingerprint density at radius 3 is 2.52 bits per heavy atom. The third-order valence-corrected chi connectivity index (χ3v) is 4.79. The van der Waals surface area contributed by atoms with Gasteiger partial charge in [0.05, 0.1) is 5.56 Å². The third-order valence-electron chi connectivity index (χ3n) is 4.29. The fourth-order valence-electron chi connectivity index (χ4n) is 2.82. The van der Waals surface area contributed by atoms with Crippen LogP contribution in [-0.2, 0) is 9.53 Å². The lowest BCUT2D eigenvalue weighted by Gasteiger charge is -2.35. The molecule has 2 heterocycles. The Morgan fingerprint density at radius 1 is 1.19 bits per heavy atom. The number of carbonyl (C=O) groups is 2. The SMILES string of the molecule is CC(OC(=O)c1cc(Br)ccc1N)C(=O)N1CCN(c2ncccn2)CC1. The maximum atomic E-state index is 12.6. The maximum absolute atomic E-state index is 12.6. The summed E-state index contributed by atoms with van der Waals surface area (Å²) >= 11 is 3.29. The number of carbonyl (C=O) groups excluding carboxylic acids is 2. The summed E-state index contributed by atoms with van der Waals surface area (Å²) in [5, 5.41) is 0. The van der Waals surface area contributed by atoms with E-state index < -0.39 is 12.1 Å². The van der Waals surface area contributed by atoms with Crippen LogP contribution in [0.25, 0.3) is 0 Å². The Bertz CT molecular complexity index is 825. The topological polar surface area (TPSA) is 102 Å². The van der Waals surface area contributed by atoms with E-state index in [1.165, 1.54) is 0 Å². The maximum Gasteiger partial charge on any atom is 0.341 e. The van der Waals surface area contributed by atoms with Crippen molar-refractivity contribution in [3.8, 4) is 0 Å². The molecule has 1 aliphatic heterocycles. The second kappa shape index (κ2) is 8.34. The molecule has 1 unspecified atom stereocenters. The molecule has 2 N–H and O–H groups in total. The fourth-order valence-corrected chi connectivity index (χ4v) is 3.18. The number of nitrogens with two attached hydrogens (primary N) is 1. The van der Waals surface area contributed by atoms with Gasteiger partial charge in [0.1, 0.15) is 0 Å². The summed E-state index contributed by atoms with van der Waals surface area (Å²) in [5.74, 6) is -0.203. The van der Waals surface area contributed by atoms with Crippen LogP contribution < -0.4 is 10.6 Å². The van der Waals surface area contributed by atoms with Gasteiger partial charge in [-0.25, -0.2) is 14.8 Å². The van der Waals surface area contributed by atoms with Crippen molar-refractivity contribution < 1.29 is 14.3 Å². The van der Waals surface area contributed by atoms with E-state index in [1.807, 2.05) is 4.90 Å². The minimum atomic E-state index is -0.893. The molecule has 27 heavy (non-hydrogen) atoms. The molecular weight excluding hydrogens is 414 g/mol. The van der Waals surface area contributed by atoms with Gasteiger partial charge < -0.3 is 20.3 Å². The number of anilines is 2. The van der Waals surface area contributed by atoms with E-state index in [9.17, 15) is 9.59 Å². The highest BCUT2D eigenvalue weighted by atomic mass is 79.9. The van der Waals surface area contributed by atoms with Crippen LogP contribution in [0.4, 0.5) is 11.6 Å². The zero-order valence-electron chi connectivity index (χ0n) is 14.8. The molecule has 8 nitrogen and oxygen atoms in total. The van der Waals surface area contributed by atoms with Gasteiger partial charge in [-0.1, -0.05) is 15.9 Å². The first-order chi connectivity index (χ1) is 13.0. The number of hydrogen-bond donors (Lipinski definition) is 1. The number of ether oxygens (including phenoxy) is 1. The molecule has 0 aliphatic carbocycles. The monoisotopic (exact) mass is 433 g/mol. The van der Waals surface area contributed by atoms with E-state index in [0.29, 0.717) is 42.3 Å². The van der Waals surface area contributed by atoms with Gasteiger partial charge in [-0.3, -0.25) is 4.79 Å². The van der Waals surface area contributed by atoms with Gasteiger partial charge in [0.2, 0.25) is 5.95 Å². The second-order valence-electron chi connectivity index (χ2n) is 6.14. The number of nitrogens with zero attached hydrogens (tertiary/aromatic N) is 4. The molecule has 1 saturated heterocycles. The van der Waals surface area contributed by atoms with Crippen LogP contribution in [0.5, 0.6) is 0 Å². The summed E-state index contributed by atoms with van der Waals surface area (Å²) in [6, 6.07) is 6.68. The van der Waals surface area contributed by atoms with Crippen LogP contribution >= 0.6 is 15.9 Å². The molecule has 142 valence electrons.